The molecule has 1 aromatic carbocycles. The van der Waals surface area contributed by atoms with Crippen molar-refractivity contribution in [3.8, 4) is 17.2 Å². The van der Waals surface area contributed by atoms with Crippen LogP contribution in [0.1, 0.15) is 23.2 Å². The predicted molar refractivity (Wildman–Crippen MR) is 74.6 cm³/mol. The number of nitrogens with zero attached hydrogens (tertiary/aromatic N) is 1. The van der Waals surface area contributed by atoms with Gasteiger partial charge < -0.3 is 0 Å². The number of hydrogen-bond donors (Lipinski definition) is 1. The average molecular weight is 271 g/mol. The highest BCUT2D eigenvalue weighted by Crippen LogP contribution is 2.37. The molecule has 2 aromatic rings. The topological polar surface area (TPSA) is 64.0 Å². The van der Waals surface area contributed by atoms with E-state index in [1.807, 2.05) is 24.3 Å². The van der Waals surface area contributed by atoms with Crippen LogP contribution < -0.4 is 10.7 Å². The number of halogens is 1. The average Bonchev–Trinajstić information content (AvgIpc) is 2.85. The highest BCUT2D eigenvalue weighted by atomic mass is 35.5. The van der Waals surface area contributed by atoms with Crippen LogP contribution in [-0.2, 0) is 12.8 Å². The summed E-state index contributed by atoms with van der Waals surface area (Å²) >= 11 is 6.28. The van der Waals surface area contributed by atoms with Gasteiger partial charge in [0.1, 0.15) is 17.3 Å². The van der Waals surface area contributed by atoms with Crippen LogP contribution >= 0.6 is 11.6 Å². The number of benzene rings is 1. The van der Waals surface area contributed by atoms with Crippen molar-refractivity contribution in [3.63, 3.8) is 0 Å². The predicted octanol–water partition coefficient (Wildman–Crippen LogP) is 2.76. The number of hydrogen-bond acceptors (Lipinski definition) is 2. The van der Waals surface area contributed by atoms with Gasteiger partial charge in [0.05, 0.1) is 0 Å². The summed E-state index contributed by atoms with van der Waals surface area (Å²) in [5.41, 5.74) is 10.6. The normalized spacial score (nSPS) is 13.1. The number of rotatable bonds is 1. The van der Waals surface area contributed by atoms with E-state index in [0.29, 0.717) is 16.4 Å². The molecule has 1 aliphatic rings. The minimum Gasteiger partial charge on any atom is -0.286 e. The lowest BCUT2D eigenvalue weighted by Gasteiger charge is -2.11. The van der Waals surface area contributed by atoms with Crippen molar-refractivity contribution in [2.75, 3.05) is 5.73 Å². The van der Waals surface area contributed by atoms with Crippen LogP contribution in [0, 0.1) is 11.3 Å². The molecule has 3 N–H and O–H groups in total. The van der Waals surface area contributed by atoms with Crippen LogP contribution in [0.25, 0.3) is 11.1 Å². The molecule has 1 heterocycles. The van der Waals surface area contributed by atoms with Crippen molar-refractivity contribution in [3.05, 3.63) is 46.1 Å². The first-order valence-corrected chi connectivity index (χ1v) is 6.61. The number of nitriles is 1. The second-order valence-corrected chi connectivity index (χ2v) is 5.10. The van der Waals surface area contributed by atoms with Gasteiger partial charge in [-0.1, -0.05) is 29.8 Å². The number of aromatic nitrogens is 1. The van der Waals surface area contributed by atoms with Crippen LogP contribution in [-0.4, -0.2) is 0 Å². The first-order chi connectivity index (χ1) is 9.22. The van der Waals surface area contributed by atoms with E-state index in [4.69, 9.17) is 17.3 Å². The summed E-state index contributed by atoms with van der Waals surface area (Å²) in [6.45, 7) is 0. The van der Waals surface area contributed by atoms with Crippen LogP contribution in [0.4, 0.5) is 5.82 Å². The summed E-state index contributed by atoms with van der Waals surface area (Å²) in [6.07, 6.45) is 3.02. The van der Waals surface area contributed by atoms with Gasteiger partial charge in [-0.3, -0.25) is 5.73 Å². The quantitative estimate of drug-likeness (QED) is 0.866. The second kappa shape index (κ2) is 4.56. The Balaban J connectivity index is 2.38. The van der Waals surface area contributed by atoms with E-state index in [0.717, 1.165) is 36.1 Å². The summed E-state index contributed by atoms with van der Waals surface area (Å²) in [6, 6.07) is 9.80. The molecule has 0 unspecified atom stereocenters. The largest absolute Gasteiger partial charge is 0.289 e. The van der Waals surface area contributed by atoms with E-state index in [1.54, 1.807) is 0 Å². The van der Waals surface area contributed by atoms with Crippen molar-refractivity contribution >= 4 is 17.4 Å². The Morgan fingerprint density at radius 1 is 1.26 bits per heavy atom. The Morgan fingerprint density at radius 2 is 2.05 bits per heavy atom. The van der Waals surface area contributed by atoms with Crippen molar-refractivity contribution in [2.24, 2.45) is 0 Å². The number of anilines is 1. The van der Waals surface area contributed by atoms with E-state index in [1.165, 1.54) is 5.56 Å². The van der Waals surface area contributed by atoms with Crippen molar-refractivity contribution in [1.29, 1.82) is 5.26 Å². The van der Waals surface area contributed by atoms with E-state index >= 15 is 0 Å². The van der Waals surface area contributed by atoms with Crippen LogP contribution in [0.5, 0.6) is 0 Å². The molecule has 0 amide bonds. The van der Waals surface area contributed by atoms with Gasteiger partial charge in [0.15, 0.2) is 0 Å². The first kappa shape index (κ1) is 12.0. The number of nitrogens with two attached hydrogens (primary N) is 1. The van der Waals surface area contributed by atoms with E-state index in [2.05, 4.69) is 11.1 Å². The molecule has 1 aliphatic carbocycles. The maximum Gasteiger partial charge on any atom is 0.289 e. The second-order valence-electron chi connectivity index (χ2n) is 4.69. The molecule has 3 rings (SSSR count). The fourth-order valence-electron chi connectivity index (χ4n) is 2.75. The first-order valence-electron chi connectivity index (χ1n) is 6.24. The standard InChI is InChI=1S/C15H12ClN3/c16-12-6-2-1-4-9(12)14-10-5-3-7-13(10)19-15(18)11(14)8-17/h1-2,4,6H,3,5,7H2,(H2,18,19)/p+1. The van der Waals surface area contributed by atoms with Crippen LogP contribution in [0.2, 0.25) is 5.02 Å². The lowest BCUT2D eigenvalue weighted by Crippen LogP contribution is -2.19. The maximum atomic E-state index is 9.39. The highest BCUT2D eigenvalue weighted by molar-refractivity contribution is 6.33. The van der Waals surface area contributed by atoms with Crippen molar-refractivity contribution < 1.29 is 4.98 Å². The van der Waals surface area contributed by atoms with E-state index < -0.39 is 0 Å². The van der Waals surface area contributed by atoms with Gasteiger partial charge >= 0.3 is 0 Å². The third kappa shape index (κ3) is 1.85. The van der Waals surface area contributed by atoms with Gasteiger partial charge in [-0.2, -0.15) is 5.26 Å². The number of pyridine rings is 1. The summed E-state index contributed by atoms with van der Waals surface area (Å²) in [5.74, 6) is 0.429. The number of aryl methyl sites for hydroxylation is 1. The Morgan fingerprint density at radius 3 is 2.79 bits per heavy atom. The SMILES string of the molecule is N#Cc1c(N)[nH+]c2c(c1-c1ccccc1Cl)CCC2. The number of nitrogen functional groups attached to an aromatic ring is 1. The number of nitrogens with one attached hydrogen (secondary N) is 1. The van der Waals surface area contributed by atoms with Gasteiger partial charge in [-0.25, -0.2) is 4.98 Å². The molecule has 0 bridgehead atoms. The Bertz CT molecular complexity index is 701. The minimum absolute atomic E-state index is 0.429. The van der Waals surface area contributed by atoms with E-state index in [-0.39, 0.29) is 0 Å². The van der Waals surface area contributed by atoms with Crippen LogP contribution in [0.3, 0.4) is 0 Å². The van der Waals surface area contributed by atoms with Gasteiger partial charge in [0, 0.05) is 28.1 Å². The Kier molecular flexibility index (Phi) is 2.88. The van der Waals surface area contributed by atoms with Crippen molar-refractivity contribution in [2.45, 2.75) is 19.3 Å². The summed E-state index contributed by atoms with van der Waals surface area (Å²) in [5, 5.41) is 10.0. The third-order valence-corrected chi connectivity index (χ3v) is 3.91. The van der Waals surface area contributed by atoms with Gasteiger partial charge in [-0.05, 0) is 18.9 Å². The lowest BCUT2D eigenvalue weighted by molar-refractivity contribution is -0.372. The zero-order chi connectivity index (χ0) is 13.4. The van der Waals surface area contributed by atoms with Gasteiger partial charge in [0.2, 0.25) is 0 Å². The molecule has 0 aliphatic heterocycles. The third-order valence-electron chi connectivity index (χ3n) is 3.58. The molecular weight excluding hydrogens is 258 g/mol. The molecule has 4 heteroatoms. The Labute approximate surface area is 116 Å². The monoisotopic (exact) mass is 270 g/mol. The smallest absolute Gasteiger partial charge is 0.286 e. The molecule has 19 heavy (non-hydrogen) atoms. The molecule has 1 aromatic heterocycles. The van der Waals surface area contributed by atoms with Gasteiger partial charge in [0.25, 0.3) is 5.82 Å². The molecule has 0 atom stereocenters. The van der Waals surface area contributed by atoms with Crippen LogP contribution in [0.15, 0.2) is 24.3 Å². The maximum absolute atomic E-state index is 9.39. The molecule has 0 fully saturated rings. The molecule has 0 spiro atoms. The molecule has 94 valence electrons. The zero-order valence-corrected chi connectivity index (χ0v) is 11.1. The molecule has 0 saturated carbocycles. The highest BCUT2D eigenvalue weighted by Gasteiger charge is 2.26. The number of fused-ring (bicyclic) bond motifs is 1. The number of H-pyrrole nitrogens is 1. The van der Waals surface area contributed by atoms with E-state index in [9.17, 15) is 5.26 Å². The number of aromatic amines is 1. The van der Waals surface area contributed by atoms with Crippen molar-refractivity contribution in [1.82, 2.24) is 0 Å². The summed E-state index contributed by atoms with van der Waals surface area (Å²) in [7, 11) is 0. The Hall–Kier alpha value is -2.05. The fourth-order valence-corrected chi connectivity index (χ4v) is 2.98. The lowest BCUT2D eigenvalue weighted by atomic mass is 9.95. The summed E-state index contributed by atoms with van der Waals surface area (Å²) < 4.78 is 0. The summed E-state index contributed by atoms with van der Waals surface area (Å²) in [4.78, 5) is 3.15. The minimum atomic E-state index is 0.429. The fraction of sp³-hybridized carbons (Fsp3) is 0.200. The van der Waals surface area contributed by atoms with Gasteiger partial charge in [-0.15, -0.1) is 0 Å². The molecule has 3 nitrogen and oxygen atoms in total. The zero-order valence-electron chi connectivity index (χ0n) is 10.3. The molecule has 0 saturated heterocycles. The molecular formula is C15H13ClN3+. The molecule has 0 radical (unpaired) electrons.